The van der Waals surface area contributed by atoms with Crippen LogP contribution in [0.3, 0.4) is 0 Å². The van der Waals surface area contributed by atoms with Gasteiger partial charge in [0.1, 0.15) is 0 Å². The molecule has 53 heavy (non-hydrogen) atoms. The first kappa shape index (κ1) is 31.1. The third-order valence-electron chi connectivity index (χ3n) is 10.8. The number of nitrogens with zero attached hydrogens (tertiary/aromatic N) is 2. The molecule has 0 bridgehead atoms. The smallest absolute Gasteiger partial charge is 0.0541 e. The zero-order valence-corrected chi connectivity index (χ0v) is 30.1. The van der Waals surface area contributed by atoms with Crippen molar-refractivity contribution < 1.29 is 0 Å². The van der Waals surface area contributed by atoms with Gasteiger partial charge in [0.05, 0.1) is 22.1 Å². The summed E-state index contributed by atoms with van der Waals surface area (Å²) >= 11 is 0. The molecule has 0 amide bonds. The fourth-order valence-corrected chi connectivity index (χ4v) is 8.41. The molecule has 8 aromatic carbocycles. The van der Waals surface area contributed by atoms with Crippen molar-refractivity contribution in [2.75, 3.05) is 0 Å². The Morgan fingerprint density at radius 3 is 1.19 bits per heavy atom. The number of hydrogen-bond donors (Lipinski definition) is 0. The van der Waals surface area contributed by atoms with Gasteiger partial charge in [-0.3, -0.25) is 0 Å². The maximum atomic E-state index is 2.42. The summed E-state index contributed by atoms with van der Waals surface area (Å²) in [4.78, 5) is 0. The molecule has 0 unspecified atom stereocenters. The Hall–Kier alpha value is -6.64. The topological polar surface area (TPSA) is 9.86 Å². The van der Waals surface area contributed by atoms with E-state index in [0.717, 1.165) is 5.69 Å². The van der Waals surface area contributed by atoms with Crippen molar-refractivity contribution >= 4 is 43.6 Å². The van der Waals surface area contributed by atoms with E-state index in [1.54, 1.807) is 0 Å². The van der Waals surface area contributed by atoms with Crippen LogP contribution in [0.2, 0.25) is 0 Å². The van der Waals surface area contributed by atoms with E-state index in [0.29, 0.717) is 0 Å². The minimum atomic E-state index is 1.15. The second-order valence-corrected chi connectivity index (χ2v) is 14.5. The van der Waals surface area contributed by atoms with E-state index < -0.39 is 0 Å². The summed E-state index contributed by atoms with van der Waals surface area (Å²) in [6.45, 7) is 6.55. The lowest BCUT2D eigenvalue weighted by molar-refractivity contribution is 1.18. The number of fused-ring (bicyclic) bond motifs is 6. The Bertz CT molecular complexity index is 2980. The van der Waals surface area contributed by atoms with Gasteiger partial charge in [-0.2, -0.15) is 0 Å². The molecule has 2 heterocycles. The van der Waals surface area contributed by atoms with Gasteiger partial charge in [-0.15, -0.1) is 0 Å². The first-order valence-corrected chi connectivity index (χ1v) is 18.4. The van der Waals surface area contributed by atoms with Gasteiger partial charge >= 0.3 is 0 Å². The summed E-state index contributed by atoms with van der Waals surface area (Å²) in [7, 11) is 0. The summed E-state index contributed by atoms with van der Waals surface area (Å²) < 4.78 is 4.82. The molecule has 2 aromatic heterocycles. The number of aryl methyl sites for hydroxylation is 3. The van der Waals surface area contributed by atoms with Crippen molar-refractivity contribution in [3.63, 3.8) is 0 Å². The first-order valence-electron chi connectivity index (χ1n) is 18.4. The summed E-state index contributed by atoms with van der Waals surface area (Å²) in [5, 5.41) is 5.05. The fraction of sp³-hybridized carbons (Fsp3) is 0.0588. The van der Waals surface area contributed by atoms with E-state index in [-0.39, 0.29) is 0 Å². The zero-order chi connectivity index (χ0) is 35.6. The Morgan fingerprint density at radius 1 is 0.264 bits per heavy atom. The molecule has 2 nitrogen and oxygen atoms in total. The van der Waals surface area contributed by atoms with E-state index in [4.69, 9.17) is 0 Å². The number of para-hydroxylation sites is 1. The summed E-state index contributed by atoms with van der Waals surface area (Å²) in [6.07, 6.45) is 0. The molecule has 0 aliphatic heterocycles. The number of hydrogen-bond acceptors (Lipinski definition) is 0. The standard InChI is InChI=1S/C51H38N2/c1-33-14-22-48-44(29-33)45-30-38(17-23-49(45)52(48)42-12-8-5-9-13-42)39-18-24-50-46(31-39)47-32-40(41-27-34(2)26-35(3)28-41)19-25-51(47)53(50)43-20-15-37(16-21-43)36-10-6-4-7-11-36/h4-32H,1-3H3. The van der Waals surface area contributed by atoms with E-state index in [9.17, 15) is 0 Å². The lowest BCUT2D eigenvalue weighted by atomic mass is 9.98. The number of rotatable bonds is 5. The van der Waals surface area contributed by atoms with Gasteiger partial charge in [-0.05, 0) is 127 Å². The molecular formula is C51H38N2. The highest BCUT2D eigenvalue weighted by molar-refractivity contribution is 6.13. The van der Waals surface area contributed by atoms with Crippen molar-refractivity contribution in [1.82, 2.24) is 9.13 Å². The van der Waals surface area contributed by atoms with E-state index in [1.807, 2.05) is 0 Å². The maximum absolute atomic E-state index is 2.42. The molecule has 0 spiro atoms. The predicted molar refractivity (Wildman–Crippen MR) is 226 cm³/mol. The Labute approximate surface area is 309 Å². The van der Waals surface area contributed by atoms with Crippen molar-refractivity contribution in [1.29, 1.82) is 0 Å². The lowest BCUT2D eigenvalue weighted by Gasteiger charge is -2.11. The van der Waals surface area contributed by atoms with Gasteiger partial charge in [0, 0.05) is 32.9 Å². The monoisotopic (exact) mass is 678 g/mol. The SMILES string of the molecule is Cc1cc(C)cc(-c2ccc3c(c2)c2cc(-c4ccc5c(c4)c4cc(C)ccc4n5-c4ccccc4)ccc2n3-c2ccc(-c3ccccc3)cc2)c1. The zero-order valence-electron chi connectivity index (χ0n) is 30.1. The van der Waals surface area contributed by atoms with Crippen LogP contribution in [-0.2, 0) is 0 Å². The van der Waals surface area contributed by atoms with Crippen LogP contribution in [-0.4, -0.2) is 9.13 Å². The highest BCUT2D eigenvalue weighted by atomic mass is 15.0. The molecule has 252 valence electrons. The third kappa shape index (κ3) is 5.26. The summed E-state index contributed by atoms with van der Waals surface area (Å²) in [5.74, 6) is 0. The molecule has 0 saturated carbocycles. The molecule has 0 radical (unpaired) electrons. The van der Waals surface area contributed by atoms with E-state index in [2.05, 4.69) is 206 Å². The second kappa shape index (κ2) is 12.3. The van der Waals surface area contributed by atoms with E-state index >= 15 is 0 Å². The molecular weight excluding hydrogens is 641 g/mol. The third-order valence-corrected chi connectivity index (χ3v) is 10.8. The molecule has 0 aliphatic carbocycles. The largest absolute Gasteiger partial charge is 0.309 e. The molecule has 2 heteroatoms. The summed E-state index contributed by atoms with van der Waals surface area (Å²) in [6, 6.07) is 64.9. The average molecular weight is 679 g/mol. The molecule has 0 atom stereocenters. The first-order chi connectivity index (χ1) is 26.0. The Kier molecular flexibility index (Phi) is 7.19. The van der Waals surface area contributed by atoms with Crippen LogP contribution in [0.4, 0.5) is 0 Å². The Balaban J connectivity index is 1.18. The average Bonchev–Trinajstić information content (AvgIpc) is 3.69. The Morgan fingerprint density at radius 2 is 0.660 bits per heavy atom. The molecule has 0 fully saturated rings. The van der Waals surface area contributed by atoms with E-state index in [1.165, 1.54) is 99.4 Å². The minimum absolute atomic E-state index is 1.15. The van der Waals surface area contributed by atoms with Gasteiger partial charge in [0.2, 0.25) is 0 Å². The normalized spacial score (nSPS) is 11.7. The highest BCUT2D eigenvalue weighted by Gasteiger charge is 2.17. The van der Waals surface area contributed by atoms with Crippen molar-refractivity contribution in [2.45, 2.75) is 20.8 Å². The minimum Gasteiger partial charge on any atom is -0.309 e. The van der Waals surface area contributed by atoms with Crippen LogP contribution in [0.25, 0.3) is 88.4 Å². The maximum Gasteiger partial charge on any atom is 0.0541 e. The van der Waals surface area contributed by atoms with Crippen LogP contribution in [0.15, 0.2) is 176 Å². The molecule has 10 aromatic rings. The molecule has 10 rings (SSSR count). The van der Waals surface area contributed by atoms with Crippen molar-refractivity contribution in [2.24, 2.45) is 0 Å². The summed E-state index contributed by atoms with van der Waals surface area (Å²) in [5.41, 5.74) is 18.4. The van der Waals surface area contributed by atoms with Crippen LogP contribution < -0.4 is 0 Å². The van der Waals surface area contributed by atoms with Gasteiger partial charge in [-0.25, -0.2) is 0 Å². The second-order valence-electron chi connectivity index (χ2n) is 14.5. The van der Waals surface area contributed by atoms with Gasteiger partial charge in [0.15, 0.2) is 0 Å². The number of aromatic nitrogens is 2. The van der Waals surface area contributed by atoms with Crippen LogP contribution in [0, 0.1) is 20.8 Å². The van der Waals surface area contributed by atoms with Crippen LogP contribution >= 0.6 is 0 Å². The van der Waals surface area contributed by atoms with Gasteiger partial charge in [0.25, 0.3) is 0 Å². The van der Waals surface area contributed by atoms with Crippen molar-refractivity contribution in [3.05, 3.63) is 193 Å². The highest BCUT2D eigenvalue weighted by Crippen LogP contribution is 2.40. The molecule has 0 saturated heterocycles. The lowest BCUT2D eigenvalue weighted by Crippen LogP contribution is -1.94. The van der Waals surface area contributed by atoms with Gasteiger partial charge < -0.3 is 9.13 Å². The predicted octanol–water partition coefficient (Wildman–Crippen LogP) is 13.8. The quantitative estimate of drug-likeness (QED) is 0.171. The fourth-order valence-electron chi connectivity index (χ4n) is 8.41. The van der Waals surface area contributed by atoms with Crippen molar-refractivity contribution in [3.8, 4) is 44.8 Å². The number of benzene rings is 8. The molecule has 0 aliphatic rings. The molecule has 0 N–H and O–H groups in total. The van der Waals surface area contributed by atoms with Crippen LogP contribution in [0.5, 0.6) is 0 Å². The van der Waals surface area contributed by atoms with Crippen LogP contribution in [0.1, 0.15) is 16.7 Å². The van der Waals surface area contributed by atoms with Gasteiger partial charge in [-0.1, -0.05) is 120 Å².